The van der Waals surface area contributed by atoms with Gasteiger partial charge in [-0.15, -0.1) is 0 Å². The maximum Gasteiger partial charge on any atom is 0.251 e. The quantitative estimate of drug-likeness (QED) is 0.607. The molecule has 1 fully saturated rings. The number of carbonyl (C=O) groups excluding carboxylic acids is 1. The van der Waals surface area contributed by atoms with Gasteiger partial charge < -0.3 is 10.1 Å². The zero-order valence-electron chi connectivity index (χ0n) is 18.0. The van der Waals surface area contributed by atoms with Crippen molar-refractivity contribution < 1.29 is 9.53 Å². The van der Waals surface area contributed by atoms with Crippen molar-refractivity contribution in [3.8, 4) is 5.75 Å². The topological polar surface area (TPSA) is 45.9 Å². The van der Waals surface area contributed by atoms with Gasteiger partial charge in [0.1, 0.15) is 5.75 Å². The highest BCUT2D eigenvalue weighted by Gasteiger charge is 2.26. The fraction of sp³-hybridized carbons (Fsp3) is 0.440. The summed E-state index contributed by atoms with van der Waals surface area (Å²) in [6.45, 7) is 13.4. The molecule has 2 aromatic carbocycles. The summed E-state index contributed by atoms with van der Waals surface area (Å²) in [5.41, 5.74) is 3.77. The monoisotopic (exact) mass is 437 g/mol. The van der Waals surface area contributed by atoms with Crippen molar-refractivity contribution in [1.82, 2.24) is 10.2 Å². The molecule has 0 atom stereocenters. The Balaban J connectivity index is 1.28. The normalized spacial score (nSPS) is 20.9. The molecule has 1 amide bonds. The molecule has 31 heavy (non-hydrogen) atoms. The van der Waals surface area contributed by atoms with Crippen LogP contribution in [0.4, 0.5) is 5.69 Å². The average Bonchev–Trinajstić information content (AvgIpc) is 3.19. The lowest BCUT2D eigenvalue weighted by Gasteiger charge is -2.29. The number of amides is 1. The van der Waals surface area contributed by atoms with Gasteiger partial charge in [-0.05, 0) is 74.9 Å². The van der Waals surface area contributed by atoms with E-state index in [4.69, 9.17) is 22.9 Å². The molecule has 6 heteroatoms. The van der Waals surface area contributed by atoms with Crippen LogP contribution in [0.2, 0.25) is 5.02 Å². The van der Waals surface area contributed by atoms with Crippen LogP contribution in [0.15, 0.2) is 36.4 Å². The predicted octanol–water partition coefficient (Wildman–Crippen LogP) is 5.73. The van der Waals surface area contributed by atoms with Gasteiger partial charge >= 0.3 is 0 Å². The van der Waals surface area contributed by atoms with E-state index in [1.807, 2.05) is 6.07 Å². The van der Waals surface area contributed by atoms with E-state index in [2.05, 4.69) is 41.0 Å². The van der Waals surface area contributed by atoms with E-state index < -0.39 is 0 Å². The molecule has 1 aliphatic heterocycles. The second-order valence-electron chi connectivity index (χ2n) is 8.77. The first kappa shape index (κ1) is 21.7. The van der Waals surface area contributed by atoms with E-state index in [1.54, 1.807) is 18.2 Å². The van der Waals surface area contributed by atoms with Crippen molar-refractivity contribution in [2.24, 2.45) is 0 Å². The standard InChI is InChI=1S/C25H28ClN3O2/c1-16(2)29-14-18-5-4-17(12-19(18)15-29)25(30)28-20-6-8-21(9-7-20)31-22-10-11-24(27-3)23(26)13-22/h4-5,10-13,16,20-21H,6-9,14-15H2,1-2H3,(H,28,30). The van der Waals surface area contributed by atoms with E-state index >= 15 is 0 Å². The Morgan fingerprint density at radius 2 is 1.87 bits per heavy atom. The molecule has 2 aromatic rings. The maximum absolute atomic E-state index is 12.8. The second-order valence-corrected chi connectivity index (χ2v) is 9.18. The Morgan fingerprint density at radius 3 is 2.55 bits per heavy atom. The lowest BCUT2D eigenvalue weighted by molar-refractivity contribution is 0.0894. The van der Waals surface area contributed by atoms with Crippen molar-refractivity contribution in [1.29, 1.82) is 0 Å². The number of hydrogen-bond acceptors (Lipinski definition) is 3. The lowest BCUT2D eigenvalue weighted by atomic mass is 9.92. The Bertz CT molecular complexity index is 1010. The van der Waals surface area contributed by atoms with Crippen LogP contribution in [-0.4, -0.2) is 29.0 Å². The summed E-state index contributed by atoms with van der Waals surface area (Å²) >= 11 is 6.10. The van der Waals surface area contributed by atoms with Gasteiger partial charge in [-0.2, -0.15) is 0 Å². The van der Waals surface area contributed by atoms with Gasteiger partial charge in [-0.25, -0.2) is 4.85 Å². The third kappa shape index (κ3) is 5.03. The van der Waals surface area contributed by atoms with Gasteiger partial charge in [0.25, 0.3) is 5.91 Å². The van der Waals surface area contributed by atoms with E-state index in [0.717, 1.165) is 44.3 Å². The first-order chi connectivity index (χ1) is 14.9. The average molecular weight is 438 g/mol. The van der Waals surface area contributed by atoms with Crippen molar-refractivity contribution in [2.75, 3.05) is 0 Å². The molecule has 1 N–H and O–H groups in total. The molecule has 1 saturated carbocycles. The molecule has 1 heterocycles. The highest BCUT2D eigenvalue weighted by molar-refractivity contribution is 6.33. The fourth-order valence-electron chi connectivity index (χ4n) is 4.37. The Labute approximate surface area is 189 Å². The number of halogens is 1. The van der Waals surface area contributed by atoms with Gasteiger partial charge in [0.15, 0.2) is 0 Å². The van der Waals surface area contributed by atoms with Crippen LogP contribution in [0, 0.1) is 6.57 Å². The zero-order valence-corrected chi connectivity index (χ0v) is 18.8. The number of rotatable bonds is 5. The summed E-state index contributed by atoms with van der Waals surface area (Å²) in [4.78, 5) is 18.6. The van der Waals surface area contributed by atoms with Crippen LogP contribution in [0.3, 0.4) is 0 Å². The highest BCUT2D eigenvalue weighted by Crippen LogP contribution is 2.31. The molecule has 5 nitrogen and oxygen atoms in total. The van der Waals surface area contributed by atoms with Crippen LogP contribution in [0.1, 0.15) is 61.0 Å². The summed E-state index contributed by atoms with van der Waals surface area (Å²) < 4.78 is 6.05. The van der Waals surface area contributed by atoms with E-state index in [0.29, 0.717) is 22.5 Å². The zero-order chi connectivity index (χ0) is 22.0. The number of nitrogens with one attached hydrogen (secondary N) is 1. The smallest absolute Gasteiger partial charge is 0.251 e. The Hall–Kier alpha value is -2.55. The fourth-order valence-corrected chi connectivity index (χ4v) is 4.58. The molecule has 1 aliphatic carbocycles. The number of nitrogens with zero attached hydrogens (tertiary/aromatic N) is 2. The number of fused-ring (bicyclic) bond motifs is 1. The van der Waals surface area contributed by atoms with Crippen LogP contribution in [0.5, 0.6) is 5.75 Å². The van der Waals surface area contributed by atoms with Crippen LogP contribution in [0.25, 0.3) is 4.85 Å². The molecule has 0 spiro atoms. The van der Waals surface area contributed by atoms with Crippen LogP contribution in [-0.2, 0) is 13.1 Å². The van der Waals surface area contributed by atoms with E-state index in [9.17, 15) is 4.79 Å². The first-order valence-corrected chi connectivity index (χ1v) is 11.3. The van der Waals surface area contributed by atoms with Crippen LogP contribution < -0.4 is 10.1 Å². The van der Waals surface area contributed by atoms with E-state index in [1.165, 1.54) is 11.1 Å². The molecule has 4 rings (SSSR count). The lowest BCUT2D eigenvalue weighted by Crippen LogP contribution is -2.39. The summed E-state index contributed by atoms with van der Waals surface area (Å²) in [7, 11) is 0. The number of benzene rings is 2. The first-order valence-electron chi connectivity index (χ1n) is 10.9. The SMILES string of the molecule is [C-]#[N+]c1ccc(OC2CCC(NC(=O)c3ccc4c(c3)CN(C(C)C)C4)CC2)cc1Cl. The third-order valence-corrected chi connectivity index (χ3v) is 6.60. The minimum atomic E-state index is 0.0108. The molecule has 162 valence electrons. The minimum Gasteiger partial charge on any atom is -0.490 e. The van der Waals surface area contributed by atoms with Crippen LogP contribution >= 0.6 is 11.6 Å². The number of carbonyl (C=O) groups is 1. The second kappa shape index (κ2) is 9.30. The van der Waals surface area contributed by atoms with Gasteiger partial charge in [-0.1, -0.05) is 23.7 Å². The van der Waals surface area contributed by atoms with Gasteiger partial charge in [0.2, 0.25) is 5.69 Å². The van der Waals surface area contributed by atoms with Gasteiger partial charge in [0, 0.05) is 30.7 Å². The minimum absolute atomic E-state index is 0.0108. The van der Waals surface area contributed by atoms with Crippen molar-refractivity contribution in [2.45, 2.75) is 70.8 Å². The van der Waals surface area contributed by atoms with Gasteiger partial charge in [-0.3, -0.25) is 9.69 Å². The summed E-state index contributed by atoms with van der Waals surface area (Å²) in [6, 6.07) is 12.0. The summed E-state index contributed by atoms with van der Waals surface area (Å²) in [6.07, 6.45) is 3.62. The summed E-state index contributed by atoms with van der Waals surface area (Å²) in [5.74, 6) is 0.704. The van der Waals surface area contributed by atoms with Gasteiger partial charge in [0.05, 0.1) is 17.7 Å². The third-order valence-electron chi connectivity index (χ3n) is 6.30. The molecule has 0 aromatic heterocycles. The van der Waals surface area contributed by atoms with Crippen molar-refractivity contribution in [3.63, 3.8) is 0 Å². The van der Waals surface area contributed by atoms with E-state index in [-0.39, 0.29) is 18.1 Å². The molecule has 2 aliphatic rings. The summed E-state index contributed by atoms with van der Waals surface area (Å²) in [5, 5.41) is 3.62. The Kier molecular flexibility index (Phi) is 6.50. The molecule has 0 saturated heterocycles. The Morgan fingerprint density at radius 1 is 1.13 bits per heavy atom. The molecule has 0 bridgehead atoms. The number of ether oxygens (including phenoxy) is 1. The molecular weight excluding hydrogens is 410 g/mol. The maximum atomic E-state index is 12.8. The molecule has 0 radical (unpaired) electrons. The number of hydrogen-bond donors (Lipinski definition) is 1. The largest absolute Gasteiger partial charge is 0.490 e. The molecule has 0 unspecified atom stereocenters. The highest BCUT2D eigenvalue weighted by atomic mass is 35.5. The predicted molar refractivity (Wildman–Crippen MR) is 123 cm³/mol. The van der Waals surface area contributed by atoms with Crippen molar-refractivity contribution >= 4 is 23.2 Å². The molecular formula is C25H28ClN3O2. The van der Waals surface area contributed by atoms with Crippen molar-refractivity contribution in [3.05, 3.63) is 69.5 Å².